The zero-order valence-electron chi connectivity index (χ0n) is 12.4. The summed E-state index contributed by atoms with van der Waals surface area (Å²) in [5.74, 6) is 1.49. The summed E-state index contributed by atoms with van der Waals surface area (Å²) in [6.45, 7) is 10.4. The fourth-order valence-corrected chi connectivity index (χ4v) is 3.47. The van der Waals surface area contributed by atoms with Crippen LogP contribution in [0.3, 0.4) is 0 Å². The minimum atomic E-state index is 0.322. The quantitative estimate of drug-likeness (QED) is 0.894. The summed E-state index contributed by atoms with van der Waals surface area (Å²) < 4.78 is 0. The fraction of sp³-hybridized carbons (Fsp3) is 0.647. The second kappa shape index (κ2) is 4.82. The maximum absolute atomic E-state index is 3.76. The first-order valence-electron chi connectivity index (χ1n) is 7.69. The number of piperazine rings is 1. The number of hydrogen-bond acceptors (Lipinski definition) is 2. The largest absolute Gasteiger partial charge is 0.368 e. The highest BCUT2D eigenvalue weighted by Crippen LogP contribution is 2.42. The first-order valence-corrected chi connectivity index (χ1v) is 7.69. The van der Waals surface area contributed by atoms with E-state index in [-0.39, 0.29) is 0 Å². The van der Waals surface area contributed by atoms with Gasteiger partial charge in [0.25, 0.3) is 0 Å². The zero-order valence-corrected chi connectivity index (χ0v) is 12.4. The molecular weight excluding hydrogens is 232 g/mol. The van der Waals surface area contributed by atoms with Crippen molar-refractivity contribution in [2.75, 3.05) is 24.5 Å². The van der Waals surface area contributed by atoms with Crippen molar-refractivity contribution < 1.29 is 0 Å². The Morgan fingerprint density at radius 1 is 1.26 bits per heavy atom. The number of nitrogens with zero attached hydrogens (tertiary/aromatic N) is 1. The Morgan fingerprint density at radius 2 is 2.00 bits per heavy atom. The molecule has 104 valence electrons. The number of hydrogen-bond donors (Lipinski definition) is 1. The first kappa shape index (κ1) is 13.0. The molecule has 2 aliphatic rings. The van der Waals surface area contributed by atoms with E-state index < -0.39 is 0 Å². The molecule has 1 aromatic carbocycles. The van der Waals surface area contributed by atoms with E-state index in [1.54, 1.807) is 0 Å². The molecule has 3 rings (SSSR count). The predicted molar refractivity (Wildman–Crippen MR) is 81.9 cm³/mol. The molecule has 1 aliphatic heterocycles. The van der Waals surface area contributed by atoms with Crippen molar-refractivity contribution in [3.05, 3.63) is 29.8 Å². The van der Waals surface area contributed by atoms with Crippen LogP contribution in [0, 0.1) is 5.92 Å². The van der Waals surface area contributed by atoms with Gasteiger partial charge in [-0.1, -0.05) is 32.0 Å². The maximum atomic E-state index is 3.76. The fourth-order valence-electron chi connectivity index (χ4n) is 3.47. The molecule has 1 saturated heterocycles. The van der Waals surface area contributed by atoms with Crippen LogP contribution >= 0.6 is 0 Å². The van der Waals surface area contributed by atoms with E-state index in [0.717, 1.165) is 25.6 Å². The van der Waals surface area contributed by atoms with Gasteiger partial charge < -0.3 is 10.2 Å². The van der Waals surface area contributed by atoms with Crippen LogP contribution in [0.4, 0.5) is 5.69 Å². The molecule has 0 spiro atoms. The number of para-hydroxylation sites is 1. The Morgan fingerprint density at radius 3 is 2.68 bits per heavy atom. The van der Waals surface area contributed by atoms with Crippen molar-refractivity contribution in [3.8, 4) is 0 Å². The summed E-state index contributed by atoms with van der Waals surface area (Å²) >= 11 is 0. The lowest BCUT2D eigenvalue weighted by Gasteiger charge is -2.44. The number of rotatable bonds is 3. The average Bonchev–Trinajstić information content (AvgIpc) is 3.23. The first-order chi connectivity index (χ1) is 9.10. The highest BCUT2D eigenvalue weighted by atomic mass is 15.2. The molecule has 2 heteroatoms. The monoisotopic (exact) mass is 258 g/mol. The Hall–Kier alpha value is -1.02. The molecule has 1 atom stereocenters. The van der Waals surface area contributed by atoms with Crippen molar-refractivity contribution in [1.29, 1.82) is 0 Å². The van der Waals surface area contributed by atoms with E-state index in [4.69, 9.17) is 0 Å². The van der Waals surface area contributed by atoms with Crippen molar-refractivity contribution in [2.45, 2.75) is 45.1 Å². The molecule has 1 heterocycles. The van der Waals surface area contributed by atoms with Gasteiger partial charge in [0.2, 0.25) is 0 Å². The van der Waals surface area contributed by atoms with Crippen LogP contribution in [-0.2, 0) is 0 Å². The van der Waals surface area contributed by atoms with Crippen LogP contribution in [0.5, 0.6) is 0 Å². The third-order valence-corrected chi connectivity index (χ3v) is 4.81. The Kier molecular flexibility index (Phi) is 3.30. The van der Waals surface area contributed by atoms with E-state index in [9.17, 15) is 0 Å². The van der Waals surface area contributed by atoms with Crippen molar-refractivity contribution in [1.82, 2.24) is 5.32 Å². The number of benzene rings is 1. The van der Waals surface area contributed by atoms with Crippen LogP contribution in [0.15, 0.2) is 24.3 Å². The van der Waals surface area contributed by atoms with E-state index in [0.29, 0.717) is 11.5 Å². The molecule has 1 aliphatic carbocycles. The van der Waals surface area contributed by atoms with Gasteiger partial charge in [0.1, 0.15) is 0 Å². The minimum Gasteiger partial charge on any atom is -0.368 e. The summed E-state index contributed by atoms with van der Waals surface area (Å²) in [5.41, 5.74) is 3.26. The van der Waals surface area contributed by atoms with E-state index in [1.165, 1.54) is 24.1 Å². The molecule has 2 fully saturated rings. The number of anilines is 1. The molecule has 0 amide bonds. The molecule has 1 aromatic rings. The molecule has 0 radical (unpaired) electrons. The van der Waals surface area contributed by atoms with Gasteiger partial charge in [0.15, 0.2) is 0 Å². The summed E-state index contributed by atoms with van der Waals surface area (Å²) in [4.78, 5) is 2.60. The summed E-state index contributed by atoms with van der Waals surface area (Å²) in [7, 11) is 0. The highest BCUT2D eigenvalue weighted by molar-refractivity contribution is 5.55. The predicted octanol–water partition coefficient (Wildman–Crippen LogP) is 3.39. The highest BCUT2D eigenvalue weighted by Gasteiger charge is 2.44. The lowest BCUT2D eigenvalue weighted by molar-refractivity contribution is 0.285. The Bertz CT molecular complexity index is 450. The summed E-state index contributed by atoms with van der Waals surface area (Å²) in [6.07, 6.45) is 2.81. The topological polar surface area (TPSA) is 15.3 Å². The smallest absolute Gasteiger partial charge is 0.0402 e. The maximum Gasteiger partial charge on any atom is 0.0402 e. The second-order valence-electron chi connectivity index (χ2n) is 6.75. The zero-order chi connectivity index (χ0) is 13.5. The van der Waals surface area contributed by atoms with Gasteiger partial charge in [-0.3, -0.25) is 0 Å². The molecular formula is C17H26N2. The third kappa shape index (κ3) is 2.51. The van der Waals surface area contributed by atoms with Gasteiger partial charge in [0, 0.05) is 30.9 Å². The molecule has 2 nitrogen and oxygen atoms in total. The normalized spacial score (nSPS) is 27.9. The molecule has 1 unspecified atom stereocenters. The van der Waals surface area contributed by atoms with Crippen LogP contribution in [0.25, 0.3) is 0 Å². The van der Waals surface area contributed by atoms with E-state index >= 15 is 0 Å². The molecule has 0 aromatic heterocycles. The Labute approximate surface area is 117 Å². The summed E-state index contributed by atoms with van der Waals surface area (Å²) in [5, 5.41) is 3.76. The summed E-state index contributed by atoms with van der Waals surface area (Å²) in [6, 6.07) is 8.93. The van der Waals surface area contributed by atoms with Gasteiger partial charge in [-0.2, -0.15) is 0 Å². The molecule has 19 heavy (non-hydrogen) atoms. The van der Waals surface area contributed by atoms with Crippen LogP contribution < -0.4 is 10.2 Å². The third-order valence-electron chi connectivity index (χ3n) is 4.81. The van der Waals surface area contributed by atoms with Crippen molar-refractivity contribution in [3.63, 3.8) is 0 Å². The molecule has 1 saturated carbocycles. The SMILES string of the molecule is CC(C)c1ccccc1N1CCNC(C)(C2CC2)C1. The van der Waals surface area contributed by atoms with Crippen molar-refractivity contribution in [2.24, 2.45) is 5.92 Å². The number of nitrogens with one attached hydrogen (secondary N) is 1. The van der Waals surface area contributed by atoms with E-state index in [2.05, 4.69) is 55.3 Å². The van der Waals surface area contributed by atoms with Crippen LogP contribution in [-0.4, -0.2) is 25.2 Å². The van der Waals surface area contributed by atoms with Gasteiger partial charge in [-0.15, -0.1) is 0 Å². The molecule has 1 N–H and O–H groups in total. The Balaban J connectivity index is 1.85. The minimum absolute atomic E-state index is 0.322. The standard InChI is InChI=1S/C17H26N2/c1-13(2)15-6-4-5-7-16(15)19-11-10-18-17(3,12-19)14-8-9-14/h4-7,13-14,18H,8-12H2,1-3H3. The van der Waals surface area contributed by atoms with Gasteiger partial charge in [0.05, 0.1) is 0 Å². The lowest BCUT2D eigenvalue weighted by Crippen LogP contribution is -2.60. The average molecular weight is 258 g/mol. The van der Waals surface area contributed by atoms with Crippen LogP contribution in [0.1, 0.15) is 45.1 Å². The van der Waals surface area contributed by atoms with Gasteiger partial charge in [-0.25, -0.2) is 0 Å². The van der Waals surface area contributed by atoms with Gasteiger partial charge in [-0.05, 0) is 43.2 Å². The van der Waals surface area contributed by atoms with Gasteiger partial charge >= 0.3 is 0 Å². The van der Waals surface area contributed by atoms with Crippen LogP contribution in [0.2, 0.25) is 0 Å². The molecule has 0 bridgehead atoms. The second-order valence-corrected chi connectivity index (χ2v) is 6.75. The van der Waals surface area contributed by atoms with Crippen molar-refractivity contribution >= 4 is 5.69 Å². The van der Waals surface area contributed by atoms with E-state index in [1.807, 2.05) is 0 Å². The lowest BCUT2D eigenvalue weighted by atomic mass is 9.91.